The molecular weight excluding hydrogens is 540 g/mol. The lowest BCUT2D eigenvalue weighted by Gasteiger charge is -2.27. The van der Waals surface area contributed by atoms with Crippen molar-refractivity contribution in [2.75, 3.05) is 61.1 Å². The summed E-state index contributed by atoms with van der Waals surface area (Å²) in [6, 6.07) is 16.4. The number of fused-ring (bicyclic) bond motifs is 1. The van der Waals surface area contributed by atoms with Gasteiger partial charge in [-0.05, 0) is 29.8 Å². The van der Waals surface area contributed by atoms with E-state index in [1.807, 2.05) is 29.2 Å². The summed E-state index contributed by atoms with van der Waals surface area (Å²) in [7, 11) is -2.92. The second-order valence-corrected chi connectivity index (χ2v) is 12.2. The molecule has 2 fully saturated rings. The van der Waals surface area contributed by atoms with Gasteiger partial charge in [0.15, 0.2) is 15.7 Å². The first-order chi connectivity index (χ1) is 19.3. The molecule has 0 bridgehead atoms. The smallest absolute Gasteiger partial charge is 0.296 e. The van der Waals surface area contributed by atoms with Crippen molar-refractivity contribution >= 4 is 38.3 Å². The lowest BCUT2D eigenvalue weighted by atomic mass is 10.2. The fraction of sp³-hybridized carbons (Fsp3) is 0.370. The zero-order valence-corrected chi connectivity index (χ0v) is 22.5. The molecule has 0 saturated carbocycles. The summed E-state index contributed by atoms with van der Waals surface area (Å²) in [6.45, 7) is 3.94. The first-order valence-electron chi connectivity index (χ1n) is 13.1. The summed E-state index contributed by atoms with van der Waals surface area (Å²) in [5.74, 6) is 1.16. The summed E-state index contributed by atoms with van der Waals surface area (Å²) < 4.78 is 58.5. The van der Waals surface area contributed by atoms with Gasteiger partial charge in [0.25, 0.3) is 6.43 Å². The minimum absolute atomic E-state index is 0.188. The Balaban J connectivity index is 1.30. The number of nitrogens with zero attached hydrogens (tertiary/aromatic N) is 6. The number of imidazole rings is 1. The molecule has 1 N–H and O–H groups in total. The summed E-state index contributed by atoms with van der Waals surface area (Å²) in [5, 5.41) is 3.30. The molecule has 0 atom stereocenters. The van der Waals surface area contributed by atoms with Crippen molar-refractivity contribution in [3.05, 3.63) is 66.0 Å². The molecule has 0 unspecified atom stereocenters. The first-order valence-corrected chi connectivity index (χ1v) is 14.9. The van der Waals surface area contributed by atoms with Crippen molar-refractivity contribution in [1.29, 1.82) is 0 Å². The number of benzene rings is 2. The molecule has 4 heterocycles. The van der Waals surface area contributed by atoms with Gasteiger partial charge in [-0.25, -0.2) is 22.2 Å². The molecular formula is C27H29F2N7O3S. The van der Waals surface area contributed by atoms with E-state index in [2.05, 4.69) is 20.2 Å². The quantitative estimate of drug-likeness (QED) is 0.358. The van der Waals surface area contributed by atoms with Gasteiger partial charge in [-0.3, -0.25) is 9.47 Å². The number of nitrogens with one attached hydrogen (secondary N) is 1. The van der Waals surface area contributed by atoms with E-state index >= 15 is 0 Å². The summed E-state index contributed by atoms with van der Waals surface area (Å²) in [5.41, 5.74) is 2.83. The SMILES string of the molecule is O=S1(=O)CCN(Cc2ccc(Nc3cc(-n4c(C(F)F)nc5ccccc54)nc(N4CCOCC4)n3)cc2)CC1. The molecule has 0 spiro atoms. The maximum Gasteiger partial charge on any atom is 0.296 e. The van der Waals surface area contributed by atoms with E-state index in [0.717, 1.165) is 11.3 Å². The van der Waals surface area contributed by atoms with Crippen molar-refractivity contribution in [2.24, 2.45) is 0 Å². The molecule has 210 valence electrons. The number of hydrogen-bond donors (Lipinski definition) is 1. The predicted octanol–water partition coefficient (Wildman–Crippen LogP) is 3.56. The Kier molecular flexibility index (Phi) is 7.34. The van der Waals surface area contributed by atoms with Crippen LogP contribution in [-0.2, 0) is 21.1 Å². The maximum atomic E-state index is 14.1. The van der Waals surface area contributed by atoms with Crippen LogP contribution in [-0.4, -0.2) is 83.7 Å². The lowest BCUT2D eigenvalue weighted by molar-refractivity contribution is 0.122. The molecule has 2 aromatic heterocycles. The van der Waals surface area contributed by atoms with Gasteiger partial charge in [0, 0.05) is 44.5 Å². The van der Waals surface area contributed by atoms with E-state index in [-0.39, 0.29) is 17.3 Å². The number of sulfone groups is 1. The molecule has 6 rings (SSSR count). The monoisotopic (exact) mass is 569 g/mol. The fourth-order valence-electron chi connectivity index (χ4n) is 4.95. The van der Waals surface area contributed by atoms with Gasteiger partial charge >= 0.3 is 0 Å². The molecule has 0 aliphatic carbocycles. The molecule has 2 saturated heterocycles. The largest absolute Gasteiger partial charge is 0.378 e. The average Bonchev–Trinajstić information content (AvgIpc) is 3.36. The molecule has 13 heteroatoms. The van der Waals surface area contributed by atoms with Gasteiger partial charge in [-0.2, -0.15) is 9.97 Å². The molecule has 4 aromatic rings. The normalized spacial score (nSPS) is 17.9. The zero-order valence-electron chi connectivity index (χ0n) is 21.7. The van der Waals surface area contributed by atoms with Crippen molar-refractivity contribution in [3.8, 4) is 5.82 Å². The van der Waals surface area contributed by atoms with Gasteiger partial charge in [-0.1, -0.05) is 24.3 Å². The number of ether oxygens (including phenoxy) is 1. The van der Waals surface area contributed by atoms with Gasteiger partial charge in [-0.15, -0.1) is 0 Å². The van der Waals surface area contributed by atoms with Crippen molar-refractivity contribution < 1.29 is 21.9 Å². The number of aromatic nitrogens is 4. The van der Waals surface area contributed by atoms with Crippen molar-refractivity contribution in [2.45, 2.75) is 13.0 Å². The highest BCUT2D eigenvalue weighted by Crippen LogP contribution is 2.30. The predicted molar refractivity (Wildman–Crippen MR) is 148 cm³/mol. The number of para-hydroxylation sites is 2. The molecule has 40 heavy (non-hydrogen) atoms. The second-order valence-electron chi connectivity index (χ2n) is 9.86. The van der Waals surface area contributed by atoms with E-state index in [9.17, 15) is 17.2 Å². The van der Waals surface area contributed by atoms with Crippen LogP contribution in [0.4, 0.5) is 26.2 Å². The number of morpholine rings is 1. The summed E-state index contributed by atoms with van der Waals surface area (Å²) in [4.78, 5) is 17.7. The topological polar surface area (TPSA) is 105 Å². The summed E-state index contributed by atoms with van der Waals surface area (Å²) in [6.07, 6.45) is -2.79. The Labute approximate surface area is 230 Å². The standard InChI is InChI=1S/C27H29F2N7O3S/c28-25(29)26-31-21-3-1-2-4-22(21)36(26)24-17-23(32-27(33-24)35-9-13-39-14-10-35)30-20-7-5-19(6-8-20)18-34-11-15-40(37,38)16-12-34/h1-8,17,25H,9-16,18H2,(H,30,32,33). The number of hydrogen-bond acceptors (Lipinski definition) is 9. The minimum Gasteiger partial charge on any atom is -0.378 e. The van der Waals surface area contributed by atoms with Gasteiger partial charge in [0.05, 0.1) is 35.8 Å². The van der Waals surface area contributed by atoms with Gasteiger partial charge in [0.2, 0.25) is 5.95 Å². The van der Waals surface area contributed by atoms with Crippen LogP contribution in [0.15, 0.2) is 54.6 Å². The molecule has 2 aliphatic rings. The van der Waals surface area contributed by atoms with Crippen LogP contribution in [0, 0.1) is 0 Å². The van der Waals surface area contributed by atoms with Crippen LogP contribution in [0.2, 0.25) is 0 Å². The third kappa shape index (κ3) is 5.76. The summed E-state index contributed by atoms with van der Waals surface area (Å²) >= 11 is 0. The van der Waals surface area contributed by atoms with E-state index in [4.69, 9.17) is 9.72 Å². The lowest BCUT2D eigenvalue weighted by Crippen LogP contribution is -2.39. The minimum atomic E-state index is -2.92. The highest BCUT2D eigenvalue weighted by molar-refractivity contribution is 7.91. The Morgan fingerprint density at radius 1 is 0.925 bits per heavy atom. The first kappa shape index (κ1) is 26.5. The highest BCUT2D eigenvalue weighted by atomic mass is 32.2. The molecule has 2 aliphatic heterocycles. The van der Waals surface area contributed by atoms with E-state index < -0.39 is 16.3 Å². The molecule has 0 amide bonds. The second kappa shape index (κ2) is 11.1. The Morgan fingerprint density at radius 2 is 1.65 bits per heavy atom. The third-order valence-corrected chi connectivity index (χ3v) is 8.68. The van der Waals surface area contributed by atoms with Crippen molar-refractivity contribution in [1.82, 2.24) is 24.4 Å². The Hall–Kier alpha value is -3.68. The Morgan fingerprint density at radius 3 is 2.38 bits per heavy atom. The number of anilines is 3. The van der Waals surface area contributed by atoms with Crippen LogP contribution in [0.3, 0.4) is 0 Å². The highest BCUT2D eigenvalue weighted by Gasteiger charge is 2.24. The average molecular weight is 570 g/mol. The van der Waals surface area contributed by atoms with Crippen LogP contribution in [0.5, 0.6) is 0 Å². The van der Waals surface area contributed by atoms with Crippen molar-refractivity contribution in [3.63, 3.8) is 0 Å². The van der Waals surface area contributed by atoms with Crippen LogP contribution in [0.1, 0.15) is 17.8 Å². The number of alkyl halides is 2. The maximum absolute atomic E-state index is 14.1. The van der Waals surface area contributed by atoms with Crippen LogP contribution in [0.25, 0.3) is 16.9 Å². The number of rotatable bonds is 7. The number of halogens is 2. The van der Waals surface area contributed by atoms with E-state index in [0.29, 0.717) is 74.6 Å². The van der Waals surface area contributed by atoms with E-state index in [1.165, 1.54) is 4.57 Å². The molecule has 10 nitrogen and oxygen atoms in total. The van der Waals surface area contributed by atoms with E-state index in [1.54, 1.807) is 30.3 Å². The van der Waals surface area contributed by atoms with Gasteiger partial charge < -0.3 is 15.0 Å². The Bertz CT molecular complexity index is 1590. The zero-order chi connectivity index (χ0) is 27.7. The van der Waals surface area contributed by atoms with Crippen LogP contribution >= 0.6 is 0 Å². The third-order valence-electron chi connectivity index (χ3n) is 7.08. The molecule has 2 aromatic carbocycles. The fourth-order valence-corrected chi connectivity index (χ4v) is 6.22. The molecule has 0 radical (unpaired) electrons. The van der Waals surface area contributed by atoms with Crippen LogP contribution < -0.4 is 10.2 Å². The van der Waals surface area contributed by atoms with Gasteiger partial charge in [0.1, 0.15) is 11.6 Å².